The first-order chi connectivity index (χ1) is 5.94. The van der Waals surface area contributed by atoms with E-state index >= 15 is 0 Å². The van der Waals surface area contributed by atoms with Crippen molar-refractivity contribution in [2.75, 3.05) is 13.0 Å². The number of hydrogen-bond acceptors (Lipinski definition) is 2. The zero-order valence-corrected chi connectivity index (χ0v) is 10.1. The molecule has 0 aliphatic heterocycles. The highest BCUT2D eigenvalue weighted by Gasteiger charge is 2.32. The number of carbonyl (C=O) groups excluding carboxylic acids is 1. The van der Waals surface area contributed by atoms with E-state index in [1.165, 1.54) is 7.11 Å². The predicted molar refractivity (Wildman–Crippen MR) is 56.0 cm³/mol. The maximum atomic E-state index is 10.7. The van der Waals surface area contributed by atoms with Crippen molar-refractivity contribution in [3.05, 3.63) is 0 Å². The van der Waals surface area contributed by atoms with Crippen LogP contribution in [0.25, 0.3) is 0 Å². The number of halogens is 4. The second kappa shape index (κ2) is 6.18. The zero-order chi connectivity index (χ0) is 10.5. The van der Waals surface area contributed by atoms with Crippen LogP contribution in [0.5, 0.6) is 0 Å². The lowest BCUT2D eigenvalue weighted by Gasteiger charge is -2.21. The number of carbonyl (C=O) groups is 1. The van der Waals surface area contributed by atoms with E-state index in [2.05, 4.69) is 4.74 Å². The molecule has 0 N–H and O–H groups in total. The summed E-state index contributed by atoms with van der Waals surface area (Å²) in [6, 6.07) is 0. The molecule has 0 radical (unpaired) electrons. The van der Waals surface area contributed by atoms with Gasteiger partial charge in [-0.15, -0.1) is 23.2 Å². The first kappa shape index (κ1) is 13.6. The van der Waals surface area contributed by atoms with Crippen LogP contribution in [0.3, 0.4) is 0 Å². The van der Waals surface area contributed by atoms with Crippen LogP contribution in [0.2, 0.25) is 0 Å². The van der Waals surface area contributed by atoms with Crippen molar-refractivity contribution in [2.24, 2.45) is 0 Å². The standard InChI is InChI=1S/C7H10Cl4O2/c1-13-6(12)3-2-5(9)7(10,11)4-8/h5H,2-4H2,1H3. The number of alkyl halides is 4. The molecule has 13 heavy (non-hydrogen) atoms. The van der Waals surface area contributed by atoms with Crippen LogP contribution in [0.15, 0.2) is 0 Å². The van der Waals surface area contributed by atoms with Gasteiger partial charge < -0.3 is 4.74 Å². The Labute approximate surface area is 97.4 Å². The van der Waals surface area contributed by atoms with Gasteiger partial charge in [0.05, 0.1) is 18.4 Å². The van der Waals surface area contributed by atoms with Gasteiger partial charge in [0.15, 0.2) is 0 Å². The lowest BCUT2D eigenvalue weighted by atomic mass is 10.2. The normalized spacial score (nSPS) is 13.9. The Bertz CT molecular complexity index is 172. The smallest absolute Gasteiger partial charge is 0.305 e. The fourth-order valence-corrected chi connectivity index (χ4v) is 1.31. The van der Waals surface area contributed by atoms with Crippen LogP contribution < -0.4 is 0 Å². The minimum atomic E-state index is -1.20. The second-order valence-corrected chi connectivity index (χ2v) is 4.81. The average Bonchev–Trinajstić information content (AvgIpc) is 2.13. The molecule has 0 saturated carbocycles. The summed E-state index contributed by atoms with van der Waals surface area (Å²) in [5.41, 5.74) is 0. The third kappa shape index (κ3) is 5.16. The van der Waals surface area contributed by atoms with Gasteiger partial charge >= 0.3 is 5.97 Å². The van der Waals surface area contributed by atoms with Gasteiger partial charge in [0.1, 0.15) is 4.33 Å². The highest BCUT2D eigenvalue weighted by Crippen LogP contribution is 2.33. The van der Waals surface area contributed by atoms with E-state index in [-0.39, 0.29) is 18.3 Å². The fourth-order valence-electron chi connectivity index (χ4n) is 0.642. The minimum absolute atomic E-state index is 0.0193. The van der Waals surface area contributed by atoms with Crippen molar-refractivity contribution in [1.82, 2.24) is 0 Å². The Morgan fingerprint density at radius 2 is 2.08 bits per heavy atom. The Morgan fingerprint density at radius 1 is 1.54 bits per heavy atom. The van der Waals surface area contributed by atoms with Crippen LogP contribution >= 0.6 is 46.4 Å². The molecule has 0 aromatic rings. The monoisotopic (exact) mass is 266 g/mol. The third-order valence-corrected chi connectivity index (χ3v) is 3.77. The van der Waals surface area contributed by atoms with Gasteiger partial charge in [0.2, 0.25) is 0 Å². The molecule has 1 atom stereocenters. The van der Waals surface area contributed by atoms with Crippen molar-refractivity contribution in [2.45, 2.75) is 22.6 Å². The Hall–Kier alpha value is 0.630. The Morgan fingerprint density at radius 3 is 2.46 bits per heavy atom. The molecule has 0 aliphatic carbocycles. The predicted octanol–water partition coefficient (Wildman–Crippen LogP) is 2.96. The van der Waals surface area contributed by atoms with Gasteiger partial charge in [0, 0.05) is 6.42 Å². The summed E-state index contributed by atoms with van der Waals surface area (Å²) >= 11 is 22.8. The van der Waals surface area contributed by atoms with E-state index < -0.39 is 9.71 Å². The van der Waals surface area contributed by atoms with Crippen molar-refractivity contribution < 1.29 is 9.53 Å². The van der Waals surface area contributed by atoms with Crippen LogP contribution in [-0.2, 0) is 9.53 Å². The molecule has 2 nitrogen and oxygen atoms in total. The summed E-state index contributed by atoms with van der Waals surface area (Å²) in [4.78, 5) is 10.7. The van der Waals surface area contributed by atoms with Crippen molar-refractivity contribution in [3.63, 3.8) is 0 Å². The molecular weight excluding hydrogens is 258 g/mol. The molecule has 0 heterocycles. The first-order valence-electron chi connectivity index (χ1n) is 3.58. The average molecular weight is 268 g/mol. The van der Waals surface area contributed by atoms with Crippen LogP contribution in [0.4, 0.5) is 0 Å². The van der Waals surface area contributed by atoms with Crippen molar-refractivity contribution in [1.29, 1.82) is 0 Å². The summed E-state index contributed by atoms with van der Waals surface area (Å²) in [7, 11) is 1.31. The topological polar surface area (TPSA) is 26.3 Å². The van der Waals surface area contributed by atoms with Gasteiger partial charge in [0.25, 0.3) is 0 Å². The number of ether oxygens (including phenoxy) is 1. The first-order valence-corrected chi connectivity index (χ1v) is 5.31. The number of hydrogen-bond donors (Lipinski definition) is 0. The van der Waals surface area contributed by atoms with E-state index in [9.17, 15) is 4.79 Å². The summed E-state index contributed by atoms with van der Waals surface area (Å²) in [6.45, 7) is 0. The molecule has 0 aliphatic rings. The molecule has 0 fully saturated rings. The van der Waals surface area contributed by atoms with Gasteiger partial charge in [-0.3, -0.25) is 4.79 Å². The highest BCUT2D eigenvalue weighted by molar-refractivity contribution is 6.55. The molecular formula is C7H10Cl4O2. The molecule has 0 amide bonds. The van der Waals surface area contributed by atoms with Crippen molar-refractivity contribution >= 4 is 52.4 Å². The fraction of sp³-hybridized carbons (Fsp3) is 0.857. The van der Waals surface area contributed by atoms with Crippen LogP contribution in [0, 0.1) is 0 Å². The molecule has 0 rings (SSSR count). The summed E-state index contributed by atoms with van der Waals surface area (Å²) in [6.07, 6.45) is 0.524. The quantitative estimate of drug-likeness (QED) is 0.566. The summed E-state index contributed by atoms with van der Waals surface area (Å²) in [5, 5.41) is -0.563. The van der Waals surface area contributed by atoms with E-state index in [0.717, 1.165) is 0 Å². The third-order valence-electron chi connectivity index (χ3n) is 1.47. The Kier molecular flexibility index (Phi) is 6.48. The van der Waals surface area contributed by atoms with Gasteiger partial charge in [-0.25, -0.2) is 0 Å². The van der Waals surface area contributed by atoms with E-state index in [4.69, 9.17) is 46.4 Å². The van der Waals surface area contributed by atoms with E-state index in [1.807, 2.05) is 0 Å². The summed E-state index contributed by atoms with van der Waals surface area (Å²) in [5.74, 6) is -0.324. The lowest BCUT2D eigenvalue weighted by molar-refractivity contribution is -0.140. The zero-order valence-electron chi connectivity index (χ0n) is 7.03. The van der Waals surface area contributed by atoms with Gasteiger partial charge in [-0.05, 0) is 6.42 Å². The van der Waals surface area contributed by atoms with Crippen LogP contribution in [-0.4, -0.2) is 28.7 Å². The lowest BCUT2D eigenvalue weighted by Crippen LogP contribution is -2.29. The molecule has 78 valence electrons. The van der Waals surface area contributed by atoms with Gasteiger partial charge in [-0.1, -0.05) is 23.2 Å². The summed E-state index contributed by atoms with van der Waals surface area (Å²) < 4.78 is 3.23. The van der Waals surface area contributed by atoms with Crippen LogP contribution in [0.1, 0.15) is 12.8 Å². The highest BCUT2D eigenvalue weighted by atomic mass is 35.5. The molecule has 0 bridgehead atoms. The van der Waals surface area contributed by atoms with Crippen molar-refractivity contribution in [3.8, 4) is 0 Å². The maximum Gasteiger partial charge on any atom is 0.305 e. The minimum Gasteiger partial charge on any atom is -0.469 e. The molecule has 0 saturated heterocycles. The number of esters is 1. The number of rotatable bonds is 5. The molecule has 1 unspecified atom stereocenters. The number of methoxy groups -OCH3 is 1. The second-order valence-electron chi connectivity index (χ2n) is 2.48. The maximum absolute atomic E-state index is 10.7. The molecule has 0 aromatic carbocycles. The van der Waals surface area contributed by atoms with E-state index in [0.29, 0.717) is 6.42 Å². The SMILES string of the molecule is COC(=O)CCC(Cl)C(Cl)(Cl)CCl. The molecule has 0 aromatic heterocycles. The molecule has 0 spiro atoms. The largest absolute Gasteiger partial charge is 0.469 e. The van der Waals surface area contributed by atoms with Gasteiger partial charge in [-0.2, -0.15) is 0 Å². The van der Waals surface area contributed by atoms with E-state index in [1.54, 1.807) is 0 Å². The molecule has 6 heteroatoms. The Balaban J connectivity index is 3.87.